The van der Waals surface area contributed by atoms with Crippen LogP contribution in [0.2, 0.25) is 5.02 Å². The van der Waals surface area contributed by atoms with Gasteiger partial charge in [0.2, 0.25) is 0 Å². The third kappa shape index (κ3) is 2.93. The second kappa shape index (κ2) is 5.85. The lowest BCUT2D eigenvalue weighted by molar-refractivity contribution is 0.625. The van der Waals surface area contributed by atoms with Crippen LogP contribution in [-0.2, 0) is 6.42 Å². The van der Waals surface area contributed by atoms with Gasteiger partial charge in [-0.3, -0.25) is 0 Å². The van der Waals surface area contributed by atoms with Crippen LogP contribution < -0.4 is 0 Å². The summed E-state index contributed by atoms with van der Waals surface area (Å²) in [6, 6.07) is 13.1. The Hall–Kier alpha value is -0.860. The van der Waals surface area contributed by atoms with Crippen LogP contribution >= 0.6 is 27.5 Å². The minimum atomic E-state index is -0.372. The average Bonchev–Trinajstić information content (AvgIpc) is 2.35. The van der Waals surface area contributed by atoms with Crippen LogP contribution in [0, 0.1) is 12.7 Å². The minimum absolute atomic E-state index is 0.0156. The third-order valence-electron chi connectivity index (χ3n) is 2.98. The van der Waals surface area contributed by atoms with Crippen LogP contribution in [0.4, 0.5) is 4.39 Å². The molecule has 2 rings (SSSR count). The quantitative estimate of drug-likeness (QED) is 0.656. The monoisotopic (exact) mass is 326 g/mol. The summed E-state index contributed by atoms with van der Waals surface area (Å²) in [6.07, 6.45) is 0.788. The summed E-state index contributed by atoms with van der Waals surface area (Å²) in [6.45, 7) is 2.07. The Morgan fingerprint density at radius 1 is 1.17 bits per heavy atom. The molecule has 0 spiro atoms. The second-order valence-electron chi connectivity index (χ2n) is 4.24. The number of halogens is 3. The van der Waals surface area contributed by atoms with E-state index >= 15 is 0 Å². The van der Waals surface area contributed by atoms with E-state index < -0.39 is 0 Å². The Bertz CT molecular complexity index is 554. The maximum atomic E-state index is 13.4. The van der Waals surface area contributed by atoms with Crippen molar-refractivity contribution in [2.75, 3.05) is 0 Å². The SMILES string of the molecule is Cc1ccccc1CC(Br)c1cccc(F)c1Cl. The highest BCUT2D eigenvalue weighted by molar-refractivity contribution is 9.09. The third-order valence-corrected chi connectivity index (χ3v) is 4.20. The number of rotatable bonds is 3. The van der Waals surface area contributed by atoms with Crippen LogP contribution in [-0.4, -0.2) is 0 Å². The van der Waals surface area contributed by atoms with Crippen molar-refractivity contribution in [3.05, 3.63) is 70.0 Å². The molecule has 0 aliphatic heterocycles. The number of hydrogen-bond donors (Lipinski definition) is 0. The Balaban J connectivity index is 2.25. The van der Waals surface area contributed by atoms with E-state index in [1.807, 2.05) is 18.2 Å². The summed E-state index contributed by atoms with van der Waals surface area (Å²) >= 11 is 9.58. The molecule has 2 aromatic rings. The Labute approximate surface area is 120 Å². The summed E-state index contributed by atoms with van der Waals surface area (Å²) in [4.78, 5) is 0.0156. The van der Waals surface area contributed by atoms with Gasteiger partial charge in [0, 0.05) is 4.83 Å². The van der Waals surface area contributed by atoms with Gasteiger partial charge in [-0.1, -0.05) is 63.9 Å². The molecule has 0 amide bonds. The largest absolute Gasteiger partial charge is 0.205 e. The van der Waals surface area contributed by atoms with Crippen molar-refractivity contribution >= 4 is 27.5 Å². The molecule has 0 aliphatic rings. The summed E-state index contributed by atoms with van der Waals surface area (Å²) in [7, 11) is 0. The maximum Gasteiger partial charge on any atom is 0.142 e. The van der Waals surface area contributed by atoms with Gasteiger partial charge in [-0.15, -0.1) is 0 Å². The predicted octanol–water partition coefficient (Wildman–Crippen LogP) is 5.47. The van der Waals surface area contributed by atoms with E-state index in [9.17, 15) is 4.39 Å². The van der Waals surface area contributed by atoms with E-state index in [0.717, 1.165) is 12.0 Å². The smallest absolute Gasteiger partial charge is 0.142 e. The van der Waals surface area contributed by atoms with E-state index in [-0.39, 0.29) is 15.7 Å². The van der Waals surface area contributed by atoms with Gasteiger partial charge in [0.05, 0.1) is 5.02 Å². The standard InChI is InChI=1S/C15H13BrClF/c1-10-5-2-3-6-11(10)9-13(16)12-7-4-8-14(18)15(12)17/h2-8,13H,9H2,1H3. The predicted molar refractivity (Wildman–Crippen MR) is 78.0 cm³/mol. The molecule has 1 atom stereocenters. The molecular weight excluding hydrogens is 315 g/mol. The first kappa shape index (κ1) is 13.6. The van der Waals surface area contributed by atoms with Gasteiger partial charge in [0.25, 0.3) is 0 Å². The first-order valence-electron chi connectivity index (χ1n) is 5.72. The molecule has 18 heavy (non-hydrogen) atoms. The Morgan fingerprint density at radius 2 is 1.89 bits per heavy atom. The maximum absolute atomic E-state index is 13.4. The van der Waals surface area contributed by atoms with Crippen molar-refractivity contribution in [2.45, 2.75) is 18.2 Å². The molecule has 94 valence electrons. The van der Waals surface area contributed by atoms with Gasteiger partial charge in [0.1, 0.15) is 5.82 Å². The molecule has 3 heteroatoms. The second-order valence-corrected chi connectivity index (χ2v) is 5.72. The van der Waals surface area contributed by atoms with Crippen LogP contribution in [0.1, 0.15) is 21.5 Å². The first-order valence-corrected chi connectivity index (χ1v) is 7.01. The zero-order chi connectivity index (χ0) is 13.1. The lowest BCUT2D eigenvalue weighted by Crippen LogP contribution is -1.99. The van der Waals surface area contributed by atoms with Gasteiger partial charge >= 0.3 is 0 Å². The van der Waals surface area contributed by atoms with Crippen molar-refractivity contribution in [2.24, 2.45) is 0 Å². The number of hydrogen-bond acceptors (Lipinski definition) is 0. The highest BCUT2D eigenvalue weighted by Gasteiger charge is 2.15. The summed E-state index contributed by atoms with van der Waals surface area (Å²) in [5.41, 5.74) is 3.26. The molecule has 0 fully saturated rings. The molecule has 0 saturated carbocycles. The summed E-state index contributed by atoms with van der Waals surface area (Å²) in [5, 5.41) is 0.202. The molecule has 0 aromatic heterocycles. The Morgan fingerprint density at radius 3 is 2.61 bits per heavy atom. The van der Waals surface area contributed by atoms with Crippen molar-refractivity contribution in [3.8, 4) is 0 Å². The molecule has 0 nitrogen and oxygen atoms in total. The Kier molecular flexibility index (Phi) is 4.41. The normalized spacial score (nSPS) is 12.4. The zero-order valence-electron chi connectivity index (χ0n) is 9.96. The number of benzene rings is 2. The van der Waals surface area contributed by atoms with E-state index in [1.54, 1.807) is 6.07 Å². The van der Waals surface area contributed by atoms with E-state index in [4.69, 9.17) is 11.6 Å². The van der Waals surface area contributed by atoms with Gasteiger partial charge in [-0.2, -0.15) is 0 Å². The number of aryl methyl sites for hydroxylation is 1. The lowest BCUT2D eigenvalue weighted by Gasteiger charge is -2.14. The number of alkyl halides is 1. The molecule has 2 aromatic carbocycles. The molecule has 0 aliphatic carbocycles. The fourth-order valence-corrected chi connectivity index (χ4v) is 3.02. The molecule has 0 N–H and O–H groups in total. The van der Waals surface area contributed by atoms with E-state index in [2.05, 4.69) is 35.0 Å². The van der Waals surface area contributed by atoms with Crippen LogP contribution in [0.25, 0.3) is 0 Å². The molecule has 1 unspecified atom stereocenters. The molecular formula is C15H13BrClF. The molecule has 0 saturated heterocycles. The van der Waals surface area contributed by atoms with Crippen molar-refractivity contribution in [1.82, 2.24) is 0 Å². The van der Waals surface area contributed by atoms with Crippen molar-refractivity contribution in [3.63, 3.8) is 0 Å². The fourth-order valence-electron chi connectivity index (χ4n) is 1.90. The average molecular weight is 328 g/mol. The van der Waals surface area contributed by atoms with E-state index in [0.29, 0.717) is 0 Å². The van der Waals surface area contributed by atoms with Gasteiger partial charge in [-0.25, -0.2) is 4.39 Å². The van der Waals surface area contributed by atoms with Gasteiger partial charge in [0.15, 0.2) is 0 Å². The summed E-state index contributed by atoms with van der Waals surface area (Å²) in [5.74, 6) is -0.372. The first-order chi connectivity index (χ1) is 8.59. The van der Waals surface area contributed by atoms with Crippen LogP contribution in [0.15, 0.2) is 42.5 Å². The molecule has 0 heterocycles. The summed E-state index contributed by atoms with van der Waals surface area (Å²) < 4.78 is 13.4. The van der Waals surface area contributed by atoms with E-state index in [1.165, 1.54) is 17.2 Å². The topological polar surface area (TPSA) is 0 Å². The van der Waals surface area contributed by atoms with Crippen LogP contribution in [0.3, 0.4) is 0 Å². The molecule has 0 radical (unpaired) electrons. The van der Waals surface area contributed by atoms with Gasteiger partial charge in [-0.05, 0) is 36.1 Å². The van der Waals surface area contributed by atoms with Crippen molar-refractivity contribution < 1.29 is 4.39 Å². The van der Waals surface area contributed by atoms with Gasteiger partial charge < -0.3 is 0 Å². The van der Waals surface area contributed by atoms with Crippen LogP contribution in [0.5, 0.6) is 0 Å². The minimum Gasteiger partial charge on any atom is -0.205 e. The lowest BCUT2D eigenvalue weighted by atomic mass is 10.0. The van der Waals surface area contributed by atoms with Crippen molar-refractivity contribution in [1.29, 1.82) is 0 Å². The fraction of sp³-hybridized carbons (Fsp3) is 0.200. The zero-order valence-corrected chi connectivity index (χ0v) is 12.3. The molecule has 0 bridgehead atoms. The highest BCUT2D eigenvalue weighted by atomic mass is 79.9. The highest BCUT2D eigenvalue weighted by Crippen LogP contribution is 2.34.